The summed E-state index contributed by atoms with van der Waals surface area (Å²) in [5.41, 5.74) is 1.96. The number of carbonyl (C=O) groups is 3. The maximum Gasteiger partial charge on any atom is 0.334 e. The summed E-state index contributed by atoms with van der Waals surface area (Å²) in [6.07, 6.45) is -0.618. The van der Waals surface area contributed by atoms with Crippen LogP contribution in [0.15, 0.2) is 66.7 Å². The molecule has 0 saturated carbocycles. The van der Waals surface area contributed by atoms with Crippen LogP contribution in [0.5, 0.6) is 5.75 Å². The first kappa shape index (κ1) is 26.5. The van der Waals surface area contributed by atoms with Crippen molar-refractivity contribution in [3.05, 3.63) is 77.9 Å². The molecular weight excluding hydrogens is 494 g/mol. The van der Waals surface area contributed by atoms with E-state index in [1.165, 1.54) is 0 Å². The van der Waals surface area contributed by atoms with Gasteiger partial charge >= 0.3 is 6.03 Å². The standard InChI is InChI=1S/C30H35N5O4/c1-20(2)28-29(37)33(17-23-10-7-9-22-8-5-6-11-25(22)23)18-26-34(28)27(36)19-32(3)35(26)30(38)31-16-21-12-14-24(39-4)15-13-21/h5-15,20,26,28H,16-19H2,1-4H3,(H,31,38)/t26-,28-/m0/s1. The van der Waals surface area contributed by atoms with Crippen LogP contribution in [0.1, 0.15) is 25.0 Å². The summed E-state index contributed by atoms with van der Waals surface area (Å²) in [5, 5.41) is 8.42. The zero-order valence-corrected chi connectivity index (χ0v) is 22.8. The van der Waals surface area contributed by atoms with E-state index >= 15 is 0 Å². The molecule has 9 heteroatoms. The lowest BCUT2D eigenvalue weighted by atomic mass is 9.95. The Morgan fingerprint density at radius 3 is 2.46 bits per heavy atom. The molecule has 0 aromatic heterocycles. The van der Waals surface area contributed by atoms with Gasteiger partial charge in [0.25, 0.3) is 0 Å². The number of hydrazine groups is 1. The van der Waals surface area contributed by atoms with Crippen LogP contribution in [-0.4, -0.2) is 77.1 Å². The Kier molecular flexibility index (Phi) is 7.43. The molecule has 2 fully saturated rings. The lowest BCUT2D eigenvalue weighted by Crippen LogP contribution is -2.76. The largest absolute Gasteiger partial charge is 0.497 e. The number of hydrogen-bond donors (Lipinski definition) is 1. The van der Waals surface area contributed by atoms with Gasteiger partial charge in [-0.2, -0.15) is 0 Å². The van der Waals surface area contributed by atoms with Crippen molar-refractivity contribution in [2.75, 3.05) is 27.2 Å². The van der Waals surface area contributed by atoms with Crippen LogP contribution >= 0.6 is 0 Å². The Balaban J connectivity index is 1.42. The minimum absolute atomic E-state index is 0.0201. The first-order chi connectivity index (χ1) is 18.8. The number of benzene rings is 3. The third kappa shape index (κ3) is 5.14. The number of nitrogens with zero attached hydrogens (tertiary/aromatic N) is 4. The number of hydrogen-bond acceptors (Lipinski definition) is 5. The van der Waals surface area contributed by atoms with Crippen molar-refractivity contribution in [2.45, 2.75) is 39.1 Å². The third-order valence-electron chi connectivity index (χ3n) is 7.55. The van der Waals surface area contributed by atoms with E-state index in [-0.39, 0.29) is 36.9 Å². The van der Waals surface area contributed by atoms with Gasteiger partial charge in [0.05, 0.1) is 20.2 Å². The number of ether oxygens (including phenoxy) is 1. The molecule has 0 bridgehead atoms. The number of nitrogens with one attached hydrogen (secondary N) is 1. The Labute approximate surface area is 228 Å². The first-order valence-electron chi connectivity index (χ1n) is 13.3. The Morgan fingerprint density at radius 1 is 1.03 bits per heavy atom. The smallest absolute Gasteiger partial charge is 0.334 e. The van der Waals surface area contributed by atoms with E-state index in [1.54, 1.807) is 34.0 Å². The quantitative estimate of drug-likeness (QED) is 0.529. The zero-order valence-electron chi connectivity index (χ0n) is 22.8. The molecule has 2 aliphatic heterocycles. The molecule has 5 rings (SSSR count). The molecular formula is C30H35N5O4. The maximum absolute atomic E-state index is 13.8. The van der Waals surface area contributed by atoms with Gasteiger partial charge in [-0.15, -0.1) is 0 Å². The molecule has 204 valence electrons. The minimum Gasteiger partial charge on any atom is -0.497 e. The topological polar surface area (TPSA) is 85.4 Å². The maximum atomic E-state index is 13.8. The molecule has 0 aliphatic carbocycles. The van der Waals surface area contributed by atoms with Crippen LogP contribution < -0.4 is 10.1 Å². The fourth-order valence-corrected chi connectivity index (χ4v) is 5.64. The molecule has 9 nitrogen and oxygen atoms in total. The molecule has 2 atom stereocenters. The lowest BCUT2D eigenvalue weighted by Gasteiger charge is -2.55. The highest BCUT2D eigenvalue weighted by Gasteiger charge is 2.51. The second-order valence-electron chi connectivity index (χ2n) is 10.5. The van der Waals surface area contributed by atoms with Crippen LogP contribution in [0.4, 0.5) is 4.79 Å². The predicted molar refractivity (Wildman–Crippen MR) is 148 cm³/mol. The number of likely N-dealkylation sites (N-methyl/N-ethyl adjacent to an activating group) is 1. The van der Waals surface area contributed by atoms with Crippen molar-refractivity contribution in [1.29, 1.82) is 0 Å². The predicted octanol–water partition coefficient (Wildman–Crippen LogP) is 3.44. The Morgan fingerprint density at radius 2 is 1.74 bits per heavy atom. The molecule has 3 aromatic carbocycles. The van der Waals surface area contributed by atoms with Gasteiger partial charge in [-0.3, -0.25) is 9.59 Å². The van der Waals surface area contributed by atoms with Crippen molar-refractivity contribution in [3.8, 4) is 5.75 Å². The molecule has 2 heterocycles. The molecule has 2 aliphatic rings. The third-order valence-corrected chi connectivity index (χ3v) is 7.55. The van der Waals surface area contributed by atoms with Crippen LogP contribution in [0.3, 0.4) is 0 Å². The second-order valence-corrected chi connectivity index (χ2v) is 10.5. The highest BCUT2D eigenvalue weighted by molar-refractivity contribution is 5.92. The normalized spacial score (nSPS) is 20.0. The minimum atomic E-state index is -0.656. The van der Waals surface area contributed by atoms with Crippen molar-refractivity contribution in [2.24, 2.45) is 5.92 Å². The van der Waals surface area contributed by atoms with Crippen molar-refractivity contribution in [3.63, 3.8) is 0 Å². The number of urea groups is 1. The summed E-state index contributed by atoms with van der Waals surface area (Å²) in [7, 11) is 3.34. The van der Waals surface area contributed by atoms with Gasteiger partial charge in [-0.1, -0.05) is 68.4 Å². The fraction of sp³-hybridized carbons (Fsp3) is 0.367. The van der Waals surface area contributed by atoms with Crippen molar-refractivity contribution >= 4 is 28.6 Å². The average molecular weight is 530 g/mol. The molecule has 2 saturated heterocycles. The van der Waals surface area contributed by atoms with Gasteiger partial charge in [-0.25, -0.2) is 14.8 Å². The molecule has 3 aromatic rings. The Bertz CT molecular complexity index is 1370. The van der Waals surface area contributed by atoms with Gasteiger partial charge < -0.3 is 19.9 Å². The second kappa shape index (κ2) is 10.9. The lowest BCUT2D eigenvalue weighted by molar-refractivity contribution is -0.190. The zero-order chi connectivity index (χ0) is 27.7. The van der Waals surface area contributed by atoms with E-state index in [4.69, 9.17) is 4.74 Å². The van der Waals surface area contributed by atoms with Crippen LogP contribution in [0.2, 0.25) is 0 Å². The van der Waals surface area contributed by atoms with E-state index in [1.807, 2.05) is 62.4 Å². The molecule has 0 spiro atoms. The summed E-state index contributed by atoms with van der Waals surface area (Å²) in [6.45, 7) is 4.85. The number of fused-ring (bicyclic) bond motifs is 2. The van der Waals surface area contributed by atoms with Gasteiger partial charge in [0, 0.05) is 20.1 Å². The monoisotopic (exact) mass is 529 g/mol. The summed E-state index contributed by atoms with van der Waals surface area (Å²) in [5.74, 6) is 0.379. The van der Waals surface area contributed by atoms with Crippen molar-refractivity contribution in [1.82, 2.24) is 25.1 Å². The van der Waals surface area contributed by atoms with Crippen LogP contribution in [0, 0.1) is 5.92 Å². The fourth-order valence-electron chi connectivity index (χ4n) is 5.64. The number of rotatable bonds is 6. The Hall–Kier alpha value is -4.11. The number of methoxy groups -OCH3 is 1. The number of carbonyl (C=O) groups excluding carboxylic acids is 3. The number of piperazine rings is 1. The van der Waals surface area contributed by atoms with E-state index < -0.39 is 12.2 Å². The van der Waals surface area contributed by atoms with Gasteiger partial charge in [-0.05, 0) is 39.9 Å². The number of amides is 4. The van der Waals surface area contributed by atoms with E-state index in [0.29, 0.717) is 13.1 Å². The highest BCUT2D eigenvalue weighted by Crippen LogP contribution is 2.31. The van der Waals surface area contributed by atoms with E-state index in [2.05, 4.69) is 23.5 Å². The SMILES string of the molecule is COc1ccc(CNC(=O)N2[C@H]3CN(Cc4cccc5ccccc45)C(=O)[C@H](C(C)C)N3C(=O)CN2C)cc1. The van der Waals surface area contributed by atoms with E-state index in [9.17, 15) is 14.4 Å². The van der Waals surface area contributed by atoms with Crippen molar-refractivity contribution < 1.29 is 19.1 Å². The summed E-state index contributed by atoms with van der Waals surface area (Å²) >= 11 is 0. The summed E-state index contributed by atoms with van der Waals surface area (Å²) < 4.78 is 5.22. The molecule has 4 amide bonds. The van der Waals surface area contributed by atoms with Gasteiger partial charge in [0.2, 0.25) is 11.8 Å². The summed E-state index contributed by atoms with van der Waals surface area (Å²) in [4.78, 5) is 44.1. The molecule has 0 radical (unpaired) electrons. The van der Waals surface area contributed by atoms with E-state index in [0.717, 1.165) is 27.6 Å². The van der Waals surface area contributed by atoms with Crippen LogP contribution in [0.25, 0.3) is 10.8 Å². The van der Waals surface area contributed by atoms with Crippen LogP contribution in [-0.2, 0) is 22.7 Å². The van der Waals surface area contributed by atoms with Gasteiger partial charge in [0.1, 0.15) is 18.0 Å². The molecule has 39 heavy (non-hydrogen) atoms. The summed E-state index contributed by atoms with van der Waals surface area (Å²) in [6, 6.07) is 20.7. The first-order valence-corrected chi connectivity index (χ1v) is 13.3. The van der Waals surface area contributed by atoms with Gasteiger partial charge in [0.15, 0.2) is 0 Å². The molecule has 1 N–H and O–H groups in total. The average Bonchev–Trinajstić information content (AvgIpc) is 2.93. The molecule has 0 unspecified atom stereocenters. The highest BCUT2D eigenvalue weighted by atomic mass is 16.5.